The third-order valence-electron chi connectivity index (χ3n) is 2.85. The van der Waals surface area contributed by atoms with Crippen LogP contribution in [0.3, 0.4) is 0 Å². The lowest BCUT2D eigenvalue weighted by Gasteiger charge is -2.06. The molecule has 0 spiro atoms. The molecule has 0 aliphatic carbocycles. The first-order valence-electron chi connectivity index (χ1n) is 6.27. The maximum absolute atomic E-state index is 13.4. The number of esters is 1. The van der Waals surface area contributed by atoms with Gasteiger partial charge in [-0.25, -0.2) is 4.39 Å². The van der Waals surface area contributed by atoms with Gasteiger partial charge in [-0.1, -0.05) is 18.2 Å². The molecule has 0 amide bonds. The van der Waals surface area contributed by atoms with E-state index < -0.39 is 5.97 Å². The van der Waals surface area contributed by atoms with Crippen molar-refractivity contribution < 1.29 is 18.7 Å². The Kier molecular flexibility index (Phi) is 4.71. The van der Waals surface area contributed by atoms with Gasteiger partial charge in [0.05, 0.1) is 13.5 Å². The van der Waals surface area contributed by atoms with Crippen LogP contribution < -0.4 is 9.47 Å². The number of ether oxygens (including phenoxy) is 2. The summed E-state index contributed by atoms with van der Waals surface area (Å²) in [7, 11) is 1.56. The summed E-state index contributed by atoms with van der Waals surface area (Å²) in [4.78, 5) is 11.7. The number of rotatable bonds is 5. The van der Waals surface area contributed by atoms with Crippen molar-refractivity contribution in [2.24, 2.45) is 0 Å². The van der Waals surface area contributed by atoms with Crippen LogP contribution in [0.2, 0.25) is 0 Å². The molecule has 2 aromatic carbocycles. The van der Waals surface area contributed by atoms with Crippen molar-refractivity contribution in [1.82, 2.24) is 0 Å². The average Bonchev–Trinajstić information content (AvgIpc) is 2.47. The highest BCUT2D eigenvalue weighted by molar-refractivity contribution is 5.72. The zero-order chi connectivity index (χ0) is 14.4. The molecule has 0 fully saturated rings. The number of hydrogen-bond donors (Lipinski definition) is 0. The Morgan fingerprint density at radius 1 is 1.05 bits per heavy atom. The summed E-state index contributed by atoms with van der Waals surface area (Å²) in [6.45, 7) is 0. The Balaban J connectivity index is 1.87. The molecule has 0 aliphatic heterocycles. The van der Waals surface area contributed by atoms with Gasteiger partial charge >= 0.3 is 5.97 Å². The summed E-state index contributed by atoms with van der Waals surface area (Å²) < 4.78 is 23.6. The van der Waals surface area contributed by atoms with E-state index in [4.69, 9.17) is 9.47 Å². The van der Waals surface area contributed by atoms with Crippen molar-refractivity contribution in [2.75, 3.05) is 7.11 Å². The molecule has 0 unspecified atom stereocenters. The Morgan fingerprint density at radius 3 is 2.35 bits per heavy atom. The van der Waals surface area contributed by atoms with Gasteiger partial charge in [0.15, 0.2) is 0 Å². The van der Waals surface area contributed by atoms with Crippen molar-refractivity contribution in [2.45, 2.75) is 12.8 Å². The van der Waals surface area contributed by atoms with Crippen molar-refractivity contribution in [3.05, 3.63) is 59.9 Å². The molecule has 3 nitrogen and oxygen atoms in total. The van der Waals surface area contributed by atoms with Crippen LogP contribution in [0, 0.1) is 5.82 Å². The van der Waals surface area contributed by atoms with Crippen LogP contribution >= 0.6 is 0 Å². The van der Waals surface area contributed by atoms with Crippen LogP contribution in [-0.2, 0) is 11.2 Å². The Bertz CT molecular complexity index is 579. The smallest absolute Gasteiger partial charge is 0.311 e. The lowest BCUT2D eigenvalue weighted by atomic mass is 10.1. The van der Waals surface area contributed by atoms with E-state index in [9.17, 15) is 9.18 Å². The SMILES string of the molecule is COc1ccc(OC(=O)CCc2ccccc2F)cc1. The lowest BCUT2D eigenvalue weighted by molar-refractivity contribution is -0.134. The molecule has 0 aromatic heterocycles. The van der Waals surface area contributed by atoms with Crippen LogP contribution in [0.4, 0.5) is 4.39 Å². The van der Waals surface area contributed by atoms with E-state index in [1.807, 2.05) is 0 Å². The first kappa shape index (κ1) is 14.1. The third-order valence-corrected chi connectivity index (χ3v) is 2.85. The molecular weight excluding hydrogens is 259 g/mol. The van der Waals surface area contributed by atoms with E-state index >= 15 is 0 Å². The van der Waals surface area contributed by atoms with Gasteiger partial charge in [0.25, 0.3) is 0 Å². The van der Waals surface area contributed by atoms with Gasteiger partial charge in [0, 0.05) is 0 Å². The topological polar surface area (TPSA) is 35.5 Å². The summed E-state index contributed by atoms with van der Waals surface area (Å²) >= 11 is 0. The fraction of sp³-hybridized carbons (Fsp3) is 0.188. The molecule has 104 valence electrons. The van der Waals surface area contributed by atoms with Crippen molar-refractivity contribution >= 4 is 5.97 Å². The molecule has 0 aliphatic rings. The van der Waals surface area contributed by atoms with Gasteiger partial charge in [-0.05, 0) is 42.3 Å². The maximum atomic E-state index is 13.4. The van der Waals surface area contributed by atoms with E-state index in [0.29, 0.717) is 23.5 Å². The average molecular weight is 274 g/mol. The largest absolute Gasteiger partial charge is 0.497 e. The molecule has 2 rings (SSSR count). The maximum Gasteiger partial charge on any atom is 0.311 e. The van der Waals surface area contributed by atoms with Gasteiger partial charge < -0.3 is 9.47 Å². The van der Waals surface area contributed by atoms with E-state index in [0.717, 1.165) is 0 Å². The number of benzene rings is 2. The molecule has 0 saturated carbocycles. The van der Waals surface area contributed by atoms with Crippen molar-refractivity contribution in [1.29, 1.82) is 0 Å². The van der Waals surface area contributed by atoms with Crippen LogP contribution in [0.5, 0.6) is 11.5 Å². The number of methoxy groups -OCH3 is 1. The second-order valence-corrected chi connectivity index (χ2v) is 4.24. The minimum atomic E-state index is -0.390. The first-order valence-corrected chi connectivity index (χ1v) is 6.27. The highest BCUT2D eigenvalue weighted by Crippen LogP contribution is 2.18. The number of aryl methyl sites for hydroxylation is 1. The number of halogens is 1. The summed E-state index contributed by atoms with van der Waals surface area (Å²) in [5.41, 5.74) is 0.513. The zero-order valence-corrected chi connectivity index (χ0v) is 11.1. The Hall–Kier alpha value is -2.36. The molecule has 0 radical (unpaired) electrons. The van der Waals surface area contributed by atoms with Crippen molar-refractivity contribution in [3.8, 4) is 11.5 Å². The molecule has 2 aromatic rings. The molecule has 0 atom stereocenters. The molecule has 0 bridgehead atoms. The van der Waals surface area contributed by atoms with Gasteiger partial charge in [-0.3, -0.25) is 4.79 Å². The Morgan fingerprint density at radius 2 is 1.70 bits per heavy atom. The third kappa shape index (κ3) is 3.82. The van der Waals surface area contributed by atoms with Gasteiger partial charge in [-0.15, -0.1) is 0 Å². The quantitative estimate of drug-likeness (QED) is 0.619. The second-order valence-electron chi connectivity index (χ2n) is 4.24. The minimum Gasteiger partial charge on any atom is -0.497 e. The molecule has 20 heavy (non-hydrogen) atoms. The fourth-order valence-electron chi connectivity index (χ4n) is 1.76. The van der Waals surface area contributed by atoms with E-state index in [-0.39, 0.29) is 12.2 Å². The number of carbonyl (C=O) groups is 1. The first-order chi connectivity index (χ1) is 9.69. The van der Waals surface area contributed by atoms with Crippen LogP contribution in [0.1, 0.15) is 12.0 Å². The highest BCUT2D eigenvalue weighted by atomic mass is 19.1. The normalized spacial score (nSPS) is 10.1. The summed E-state index contributed by atoms with van der Waals surface area (Å²) in [6.07, 6.45) is 0.453. The summed E-state index contributed by atoms with van der Waals surface area (Å²) in [6, 6.07) is 13.1. The lowest BCUT2D eigenvalue weighted by Crippen LogP contribution is -2.09. The number of hydrogen-bond acceptors (Lipinski definition) is 3. The van der Waals surface area contributed by atoms with Gasteiger partial charge in [0.2, 0.25) is 0 Å². The highest BCUT2D eigenvalue weighted by Gasteiger charge is 2.08. The predicted molar refractivity (Wildman–Crippen MR) is 73.4 cm³/mol. The van der Waals surface area contributed by atoms with Crippen LogP contribution in [0.15, 0.2) is 48.5 Å². The molecule has 0 heterocycles. The Labute approximate surface area is 117 Å². The molecular formula is C16H15FO3. The molecule has 0 saturated heterocycles. The van der Waals surface area contributed by atoms with Crippen LogP contribution in [0.25, 0.3) is 0 Å². The van der Waals surface area contributed by atoms with Gasteiger partial charge in [-0.2, -0.15) is 0 Å². The molecule has 0 N–H and O–H groups in total. The second kappa shape index (κ2) is 6.70. The fourth-order valence-corrected chi connectivity index (χ4v) is 1.76. The number of carbonyl (C=O) groups excluding carboxylic acids is 1. The van der Waals surface area contributed by atoms with Crippen molar-refractivity contribution in [3.63, 3.8) is 0 Å². The van der Waals surface area contributed by atoms with E-state index in [1.54, 1.807) is 49.6 Å². The summed E-state index contributed by atoms with van der Waals surface area (Å²) in [5, 5.41) is 0. The van der Waals surface area contributed by atoms with E-state index in [1.165, 1.54) is 6.07 Å². The molecule has 4 heteroatoms. The summed E-state index contributed by atoms with van der Waals surface area (Å²) in [5.74, 6) is 0.448. The van der Waals surface area contributed by atoms with Crippen LogP contribution in [-0.4, -0.2) is 13.1 Å². The van der Waals surface area contributed by atoms with Gasteiger partial charge in [0.1, 0.15) is 17.3 Å². The predicted octanol–water partition coefficient (Wildman–Crippen LogP) is 3.37. The monoisotopic (exact) mass is 274 g/mol. The standard InChI is InChI=1S/C16H15FO3/c1-19-13-7-9-14(10-8-13)20-16(18)11-6-12-4-2-3-5-15(12)17/h2-5,7-10H,6,11H2,1H3. The zero-order valence-electron chi connectivity index (χ0n) is 11.1. The minimum absolute atomic E-state index is 0.132. The van der Waals surface area contributed by atoms with E-state index in [2.05, 4.69) is 0 Å².